The normalized spacial score (nSPS) is 19.1. The average Bonchev–Trinajstić information content (AvgIpc) is 2.67. The molecular formula is C22H17BrN2O. The van der Waals surface area contributed by atoms with Crippen LogP contribution in [0.5, 0.6) is 0 Å². The Morgan fingerprint density at radius 3 is 2.88 bits per heavy atom. The van der Waals surface area contributed by atoms with E-state index in [4.69, 9.17) is 0 Å². The van der Waals surface area contributed by atoms with Gasteiger partial charge in [-0.2, -0.15) is 0 Å². The second-order valence-corrected chi connectivity index (χ2v) is 7.78. The van der Waals surface area contributed by atoms with Crippen LogP contribution in [0.4, 0.5) is 5.69 Å². The van der Waals surface area contributed by atoms with Gasteiger partial charge in [-0.1, -0.05) is 34.1 Å². The van der Waals surface area contributed by atoms with Gasteiger partial charge >= 0.3 is 0 Å². The summed E-state index contributed by atoms with van der Waals surface area (Å²) in [5, 5.41) is 4.75. The van der Waals surface area contributed by atoms with E-state index in [1.165, 1.54) is 5.57 Å². The SMILES string of the molecule is O=C1CCCC2=C1[C@@H](c1cccc(Br)c1)Nc1ccc3ncccc3c12. The van der Waals surface area contributed by atoms with E-state index >= 15 is 0 Å². The van der Waals surface area contributed by atoms with Crippen LogP contribution in [-0.2, 0) is 4.79 Å². The second-order valence-electron chi connectivity index (χ2n) is 6.86. The lowest BCUT2D eigenvalue weighted by molar-refractivity contribution is -0.116. The monoisotopic (exact) mass is 404 g/mol. The molecule has 1 N–H and O–H groups in total. The van der Waals surface area contributed by atoms with Crippen molar-refractivity contribution in [1.82, 2.24) is 4.98 Å². The number of carbonyl (C=O) groups is 1. The van der Waals surface area contributed by atoms with Crippen LogP contribution in [0.2, 0.25) is 0 Å². The van der Waals surface area contributed by atoms with Gasteiger partial charge < -0.3 is 5.32 Å². The van der Waals surface area contributed by atoms with E-state index in [0.717, 1.165) is 50.6 Å². The zero-order chi connectivity index (χ0) is 17.7. The average molecular weight is 405 g/mol. The molecule has 0 radical (unpaired) electrons. The summed E-state index contributed by atoms with van der Waals surface area (Å²) >= 11 is 3.56. The molecule has 1 atom stereocenters. The zero-order valence-corrected chi connectivity index (χ0v) is 15.7. The molecule has 3 nitrogen and oxygen atoms in total. The first-order valence-corrected chi connectivity index (χ1v) is 9.68. The molecule has 2 heterocycles. The van der Waals surface area contributed by atoms with Gasteiger partial charge in [-0.25, -0.2) is 0 Å². The third-order valence-corrected chi connectivity index (χ3v) is 5.81. The minimum Gasteiger partial charge on any atom is -0.373 e. The van der Waals surface area contributed by atoms with E-state index in [-0.39, 0.29) is 11.8 Å². The third kappa shape index (κ3) is 2.40. The molecule has 26 heavy (non-hydrogen) atoms. The van der Waals surface area contributed by atoms with Crippen LogP contribution in [0, 0.1) is 0 Å². The van der Waals surface area contributed by atoms with Crippen molar-refractivity contribution >= 4 is 43.9 Å². The molecule has 4 heteroatoms. The first kappa shape index (κ1) is 15.8. The number of rotatable bonds is 1. The lowest BCUT2D eigenvalue weighted by Crippen LogP contribution is -2.27. The van der Waals surface area contributed by atoms with E-state index in [1.807, 2.05) is 24.4 Å². The van der Waals surface area contributed by atoms with Crippen LogP contribution < -0.4 is 5.32 Å². The second kappa shape index (κ2) is 6.06. The largest absolute Gasteiger partial charge is 0.373 e. The van der Waals surface area contributed by atoms with Crippen LogP contribution in [0.1, 0.15) is 36.4 Å². The Balaban J connectivity index is 1.79. The van der Waals surface area contributed by atoms with Crippen molar-refractivity contribution < 1.29 is 4.79 Å². The third-order valence-electron chi connectivity index (χ3n) is 5.31. The number of halogens is 1. The molecule has 0 saturated heterocycles. The summed E-state index contributed by atoms with van der Waals surface area (Å²) in [6.45, 7) is 0. The highest BCUT2D eigenvalue weighted by Crippen LogP contribution is 2.47. The molecule has 1 aromatic heterocycles. The lowest BCUT2D eigenvalue weighted by atomic mass is 9.77. The maximum Gasteiger partial charge on any atom is 0.161 e. The molecule has 2 aliphatic rings. The smallest absolute Gasteiger partial charge is 0.161 e. The van der Waals surface area contributed by atoms with E-state index in [0.29, 0.717) is 6.42 Å². The Bertz CT molecular complexity index is 1090. The van der Waals surface area contributed by atoms with Crippen molar-refractivity contribution in [3.05, 3.63) is 75.9 Å². The van der Waals surface area contributed by atoms with Crippen molar-refractivity contribution in [3.8, 4) is 0 Å². The highest BCUT2D eigenvalue weighted by Gasteiger charge is 2.34. The Kier molecular flexibility index (Phi) is 3.68. The summed E-state index contributed by atoms with van der Waals surface area (Å²) in [5.74, 6) is 0.260. The molecule has 0 saturated carbocycles. The summed E-state index contributed by atoms with van der Waals surface area (Å²) in [6, 6.07) is 16.3. The molecule has 1 aliphatic heterocycles. The number of pyridine rings is 1. The first-order chi connectivity index (χ1) is 12.7. The van der Waals surface area contributed by atoms with E-state index in [2.05, 4.69) is 56.6 Å². The fourth-order valence-electron chi connectivity index (χ4n) is 4.22. The highest BCUT2D eigenvalue weighted by atomic mass is 79.9. The lowest BCUT2D eigenvalue weighted by Gasteiger charge is -2.35. The predicted octanol–water partition coefficient (Wildman–Crippen LogP) is 5.67. The molecule has 2 aromatic carbocycles. The van der Waals surface area contributed by atoms with Gasteiger partial charge in [0.2, 0.25) is 0 Å². The number of ketones is 1. The van der Waals surface area contributed by atoms with Crippen molar-refractivity contribution in [2.75, 3.05) is 5.32 Å². The van der Waals surface area contributed by atoms with Crippen molar-refractivity contribution in [2.45, 2.75) is 25.3 Å². The van der Waals surface area contributed by atoms with Crippen LogP contribution in [-0.4, -0.2) is 10.8 Å². The number of carbonyl (C=O) groups excluding carboxylic acids is 1. The number of hydrogen-bond donors (Lipinski definition) is 1. The Morgan fingerprint density at radius 2 is 2.00 bits per heavy atom. The van der Waals surface area contributed by atoms with Crippen LogP contribution in [0.15, 0.2) is 64.8 Å². The van der Waals surface area contributed by atoms with Gasteiger partial charge in [0.1, 0.15) is 0 Å². The molecule has 128 valence electrons. The number of allylic oxidation sites excluding steroid dienone is 1. The fourth-order valence-corrected chi connectivity index (χ4v) is 4.64. The molecule has 0 fully saturated rings. The number of anilines is 1. The quantitative estimate of drug-likeness (QED) is 0.567. The minimum absolute atomic E-state index is 0.100. The minimum atomic E-state index is -0.100. The molecule has 3 aromatic rings. The molecule has 0 amide bonds. The highest BCUT2D eigenvalue weighted by molar-refractivity contribution is 9.10. The number of Topliss-reactive ketones (excluding diaryl/α,β-unsaturated/α-hetero) is 1. The predicted molar refractivity (Wildman–Crippen MR) is 108 cm³/mol. The van der Waals surface area contributed by atoms with Gasteiger partial charge in [-0.3, -0.25) is 9.78 Å². The van der Waals surface area contributed by atoms with E-state index in [9.17, 15) is 4.79 Å². The van der Waals surface area contributed by atoms with E-state index < -0.39 is 0 Å². The summed E-state index contributed by atoms with van der Waals surface area (Å²) in [7, 11) is 0. The fraction of sp³-hybridized carbons (Fsp3) is 0.182. The Labute approximate surface area is 160 Å². The zero-order valence-electron chi connectivity index (χ0n) is 14.1. The Hall–Kier alpha value is -2.46. The number of hydrogen-bond acceptors (Lipinski definition) is 3. The van der Waals surface area contributed by atoms with Gasteiger partial charge in [-0.15, -0.1) is 0 Å². The van der Waals surface area contributed by atoms with Crippen molar-refractivity contribution in [1.29, 1.82) is 0 Å². The number of nitrogens with one attached hydrogen (secondary N) is 1. The topological polar surface area (TPSA) is 42.0 Å². The molecule has 5 rings (SSSR count). The summed E-state index contributed by atoms with van der Waals surface area (Å²) in [4.78, 5) is 17.4. The van der Waals surface area contributed by atoms with Gasteiger partial charge in [0.15, 0.2) is 5.78 Å². The maximum atomic E-state index is 12.9. The number of benzene rings is 2. The summed E-state index contributed by atoms with van der Waals surface area (Å²) < 4.78 is 1.02. The first-order valence-electron chi connectivity index (χ1n) is 8.89. The van der Waals surface area contributed by atoms with Crippen LogP contribution in [0.3, 0.4) is 0 Å². The molecular weight excluding hydrogens is 388 g/mol. The van der Waals surface area contributed by atoms with Crippen molar-refractivity contribution in [2.24, 2.45) is 0 Å². The van der Waals surface area contributed by atoms with Crippen molar-refractivity contribution in [3.63, 3.8) is 0 Å². The molecule has 0 bridgehead atoms. The maximum absolute atomic E-state index is 12.9. The molecule has 1 aliphatic carbocycles. The van der Waals surface area contributed by atoms with Gasteiger partial charge in [0.05, 0.1) is 11.6 Å². The number of nitrogens with zero attached hydrogens (tertiary/aromatic N) is 1. The number of aromatic nitrogens is 1. The summed E-state index contributed by atoms with van der Waals surface area (Å²) in [6.07, 6.45) is 4.30. The Morgan fingerprint density at radius 1 is 1.08 bits per heavy atom. The van der Waals surface area contributed by atoms with Gasteiger partial charge in [0.25, 0.3) is 0 Å². The standard InChI is InChI=1S/C22H17BrN2O/c23-14-5-1-4-13(12-14)22-21-16(6-2-8-19(21)26)20-15-7-3-11-24-17(15)9-10-18(20)25-22/h1,3-5,7,9-12,22,25H,2,6,8H2/t22-/m1/s1. The van der Waals surface area contributed by atoms with Gasteiger partial charge in [-0.05, 0) is 54.3 Å². The molecule has 0 spiro atoms. The summed E-state index contributed by atoms with van der Waals surface area (Å²) in [5.41, 5.74) is 6.45. The van der Waals surface area contributed by atoms with E-state index in [1.54, 1.807) is 0 Å². The van der Waals surface area contributed by atoms with Crippen LogP contribution in [0.25, 0.3) is 16.5 Å². The van der Waals surface area contributed by atoms with Gasteiger partial charge in [0, 0.05) is 39.3 Å². The molecule has 0 unspecified atom stereocenters. The number of fused-ring (bicyclic) bond motifs is 4. The van der Waals surface area contributed by atoms with Crippen LogP contribution >= 0.6 is 15.9 Å².